The normalized spacial score (nSPS) is 17.9. The molecule has 1 saturated heterocycles. The molecule has 11 heteroatoms. The van der Waals surface area contributed by atoms with E-state index in [1.54, 1.807) is 22.9 Å². The highest BCUT2D eigenvalue weighted by molar-refractivity contribution is 6.30. The fourth-order valence-electron chi connectivity index (χ4n) is 3.88. The van der Waals surface area contributed by atoms with Crippen LogP contribution in [0.5, 0.6) is 0 Å². The molecule has 4 rings (SSSR count). The summed E-state index contributed by atoms with van der Waals surface area (Å²) in [6.07, 6.45) is 1.12. The van der Waals surface area contributed by atoms with Crippen LogP contribution in [0.4, 0.5) is 16.6 Å². The first-order valence-corrected chi connectivity index (χ1v) is 11.8. The third-order valence-corrected chi connectivity index (χ3v) is 5.72. The lowest BCUT2D eigenvalue weighted by atomic mass is 10.1. The van der Waals surface area contributed by atoms with Crippen LogP contribution in [0.3, 0.4) is 0 Å². The number of carbonyl (C=O) groups excluding carboxylic acids is 1. The van der Waals surface area contributed by atoms with E-state index in [0.717, 1.165) is 5.69 Å². The summed E-state index contributed by atoms with van der Waals surface area (Å²) in [5.74, 6) is 0.824. The fraction of sp³-hybridized carbons (Fsp3) is 0.458. The Labute approximate surface area is 209 Å². The van der Waals surface area contributed by atoms with E-state index in [1.165, 1.54) is 4.90 Å². The number of nitrogens with zero attached hydrogens (tertiary/aromatic N) is 6. The van der Waals surface area contributed by atoms with Crippen LogP contribution in [0, 0.1) is 6.92 Å². The molecule has 10 nitrogen and oxygen atoms in total. The van der Waals surface area contributed by atoms with E-state index in [-0.39, 0.29) is 30.4 Å². The number of aryl methyl sites for hydroxylation is 1. The van der Waals surface area contributed by atoms with Gasteiger partial charge in [-0.25, -0.2) is 14.5 Å². The van der Waals surface area contributed by atoms with Gasteiger partial charge in [0, 0.05) is 16.8 Å². The number of hydrogen-bond acceptors (Lipinski definition) is 8. The molecule has 0 saturated carbocycles. The number of nitrogens with one attached hydrogen (secondary N) is 1. The zero-order chi connectivity index (χ0) is 25.3. The third kappa shape index (κ3) is 5.88. The number of amides is 1. The summed E-state index contributed by atoms with van der Waals surface area (Å²) >= 11 is 5.97. The largest absolute Gasteiger partial charge is 0.447 e. The number of ether oxygens (including phenoxy) is 2. The van der Waals surface area contributed by atoms with Crippen molar-refractivity contribution in [2.24, 2.45) is 0 Å². The van der Waals surface area contributed by atoms with E-state index in [9.17, 15) is 4.79 Å². The van der Waals surface area contributed by atoms with Crippen molar-refractivity contribution in [3.05, 3.63) is 52.9 Å². The number of cyclic esters (lactones) is 1. The molecule has 3 atom stereocenters. The predicted molar refractivity (Wildman–Crippen MR) is 133 cm³/mol. The maximum absolute atomic E-state index is 12.6. The zero-order valence-electron chi connectivity index (χ0n) is 20.7. The highest BCUT2D eigenvalue weighted by Gasteiger charge is 2.40. The smallest absolute Gasteiger partial charge is 0.416 e. The van der Waals surface area contributed by atoms with E-state index in [1.807, 2.05) is 59.9 Å². The van der Waals surface area contributed by atoms with Crippen LogP contribution in [0.25, 0.3) is 5.69 Å². The predicted octanol–water partition coefficient (Wildman–Crippen LogP) is 4.72. The number of anilines is 2. The Morgan fingerprint density at radius 3 is 2.60 bits per heavy atom. The average molecular weight is 500 g/mol. The van der Waals surface area contributed by atoms with Gasteiger partial charge in [-0.2, -0.15) is 4.98 Å². The third-order valence-electron chi connectivity index (χ3n) is 5.47. The lowest BCUT2D eigenvalue weighted by molar-refractivity contribution is -0.0618. The number of aromatic nitrogens is 5. The first kappa shape index (κ1) is 24.9. The average Bonchev–Trinajstić information content (AvgIpc) is 3.40. The van der Waals surface area contributed by atoms with Crippen molar-refractivity contribution >= 4 is 29.5 Å². The summed E-state index contributed by atoms with van der Waals surface area (Å²) in [5, 5.41) is 12.4. The van der Waals surface area contributed by atoms with Gasteiger partial charge in [0.05, 0.1) is 29.6 Å². The molecule has 3 heterocycles. The molecule has 2 aromatic heterocycles. The molecule has 0 unspecified atom stereocenters. The van der Waals surface area contributed by atoms with Crippen LogP contribution in [0.1, 0.15) is 52.0 Å². The van der Waals surface area contributed by atoms with Crippen molar-refractivity contribution in [2.45, 2.75) is 65.3 Å². The minimum atomic E-state index is -0.456. The number of rotatable bonds is 7. The number of halogens is 1. The molecule has 1 aliphatic heterocycles. The fourth-order valence-corrected chi connectivity index (χ4v) is 4.01. The van der Waals surface area contributed by atoms with E-state index < -0.39 is 6.09 Å². The minimum absolute atomic E-state index is 0.228. The molecule has 0 radical (unpaired) electrons. The lowest BCUT2D eigenvalue weighted by Gasteiger charge is -2.31. The van der Waals surface area contributed by atoms with Crippen LogP contribution < -0.4 is 10.2 Å². The zero-order valence-corrected chi connectivity index (χ0v) is 21.4. The van der Waals surface area contributed by atoms with Crippen molar-refractivity contribution in [3.8, 4) is 5.69 Å². The topological polar surface area (TPSA) is 107 Å². The van der Waals surface area contributed by atoms with Gasteiger partial charge in [-0.05, 0) is 65.8 Å². The molecular weight excluding hydrogens is 470 g/mol. The van der Waals surface area contributed by atoms with E-state index in [4.69, 9.17) is 21.1 Å². The molecular formula is C24H30ClN7O3. The number of hydrogen-bond donors (Lipinski definition) is 1. The van der Waals surface area contributed by atoms with Crippen LogP contribution in [0.15, 0.2) is 36.5 Å². The van der Waals surface area contributed by atoms with Gasteiger partial charge in [0.15, 0.2) is 0 Å². The Hall–Kier alpha value is -3.24. The Bertz CT molecular complexity index is 1190. The van der Waals surface area contributed by atoms with E-state index >= 15 is 0 Å². The Kier molecular flexibility index (Phi) is 6.95. The van der Waals surface area contributed by atoms with Crippen molar-refractivity contribution in [3.63, 3.8) is 0 Å². The summed E-state index contributed by atoms with van der Waals surface area (Å²) in [5.41, 5.74) is 1.90. The van der Waals surface area contributed by atoms with Gasteiger partial charge < -0.3 is 14.8 Å². The lowest BCUT2D eigenvalue weighted by Crippen LogP contribution is -2.45. The van der Waals surface area contributed by atoms with E-state index in [2.05, 4.69) is 25.6 Å². The second-order valence-corrected chi connectivity index (χ2v) is 10.0. The summed E-state index contributed by atoms with van der Waals surface area (Å²) in [6.45, 7) is 11.9. The molecule has 0 aliphatic carbocycles. The second kappa shape index (κ2) is 9.79. The van der Waals surface area contributed by atoms with Crippen LogP contribution in [0.2, 0.25) is 5.02 Å². The van der Waals surface area contributed by atoms with Gasteiger partial charge >= 0.3 is 6.09 Å². The first-order valence-electron chi connectivity index (χ1n) is 11.4. The van der Waals surface area contributed by atoms with Crippen molar-refractivity contribution in [1.29, 1.82) is 0 Å². The molecule has 0 bridgehead atoms. The minimum Gasteiger partial charge on any atom is -0.447 e. The molecule has 1 amide bonds. The Morgan fingerprint density at radius 1 is 1.20 bits per heavy atom. The second-order valence-electron chi connectivity index (χ2n) is 9.57. The van der Waals surface area contributed by atoms with Crippen LogP contribution >= 0.6 is 11.6 Å². The Balaban J connectivity index is 1.53. The van der Waals surface area contributed by atoms with E-state index in [0.29, 0.717) is 28.2 Å². The number of carbonyl (C=O) groups is 1. The number of benzene rings is 1. The van der Waals surface area contributed by atoms with Gasteiger partial charge in [0.1, 0.15) is 24.2 Å². The molecule has 1 aliphatic rings. The van der Waals surface area contributed by atoms with Crippen molar-refractivity contribution < 1.29 is 14.3 Å². The summed E-state index contributed by atoms with van der Waals surface area (Å²) in [7, 11) is 0. The maximum atomic E-state index is 12.6. The SMILES string of the molecule is Cc1cc(N2C(=O)OC[C@@H]2[C@@H](C)OC(C)(C)C)nc(N[C@@H](C)c2cn(-c3ccc(Cl)cc3)nn2)n1. The quantitative estimate of drug-likeness (QED) is 0.497. The highest BCUT2D eigenvalue weighted by atomic mass is 35.5. The molecule has 35 heavy (non-hydrogen) atoms. The monoisotopic (exact) mass is 499 g/mol. The van der Waals surface area contributed by atoms with Gasteiger partial charge in [0.25, 0.3) is 0 Å². The van der Waals surface area contributed by atoms with Gasteiger partial charge in [-0.3, -0.25) is 4.90 Å². The molecule has 1 aromatic carbocycles. The first-order chi connectivity index (χ1) is 16.5. The molecule has 1 fully saturated rings. The molecule has 0 spiro atoms. The summed E-state index contributed by atoms with van der Waals surface area (Å²) < 4.78 is 13.1. The standard InChI is InChI=1S/C24H30ClN7O3/c1-14-11-21(32-20(13-34-23(32)33)16(3)35-24(4,5)6)28-22(26-14)27-15(2)19-12-31(30-29-19)18-9-7-17(25)8-10-18/h7-12,15-16,20H,13H2,1-6H3,(H,26,27,28)/t15-,16+,20+/m0/s1. The molecule has 186 valence electrons. The van der Waals surface area contributed by atoms with Gasteiger partial charge in [-0.15, -0.1) is 5.10 Å². The highest BCUT2D eigenvalue weighted by Crippen LogP contribution is 2.28. The summed E-state index contributed by atoms with van der Waals surface area (Å²) in [6, 6.07) is 8.54. The Morgan fingerprint density at radius 2 is 1.91 bits per heavy atom. The van der Waals surface area contributed by atoms with Crippen LogP contribution in [-0.4, -0.2) is 55.4 Å². The molecule has 3 aromatic rings. The van der Waals surface area contributed by atoms with Crippen molar-refractivity contribution in [2.75, 3.05) is 16.8 Å². The van der Waals surface area contributed by atoms with Crippen molar-refractivity contribution in [1.82, 2.24) is 25.0 Å². The maximum Gasteiger partial charge on any atom is 0.416 e. The molecule has 1 N–H and O–H groups in total. The van der Waals surface area contributed by atoms with Gasteiger partial charge in [0.2, 0.25) is 5.95 Å². The van der Waals surface area contributed by atoms with Gasteiger partial charge in [-0.1, -0.05) is 16.8 Å². The van der Waals surface area contributed by atoms with Crippen LogP contribution in [-0.2, 0) is 9.47 Å². The summed E-state index contributed by atoms with van der Waals surface area (Å²) in [4.78, 5) is 23.3.